The van der Waals surface area contributed by atoms with E-state index in [4.69, 9.17) is 11.6 Å². The number of anilines is 1. The first kappa shape index (κ1) is 29.7. The van der Waals surface area contributed by atoms with Crippen LogP contribution in [0.3, 0.4) is 0 Å². The summed E-state index contributed by atoms with van der Waals surface area (Å²) < 4.78 is 27.4. The summed E-state index contributed by atoms with van der Waals surface area (Å²) in [6.07, 6.45) is 2.06. The fourth-order valence-electron chi connectivity index (χ4n) is 3.97. The number of nitrogens with one attached hydrogen (secondary N) is 1. The van der Waals surface area contributed by atoms with Crippen LogP contribution >= 0.6 is 27.5 Å². The molecule has 0 spiro atoms. The Kier molecular flexibility index (Phi) is 10.8. The van der Waals surface area contributed by atoms with E-state index in [2.05, 4.69) is 21.2 Å². The number of carbonyl (C=O) groups is 2. The summed E-state index contributed by atoms with van der Waals surface area (Å²) >= 11 is 9.46. The third kappa shape index (κ3) is 8.58. The van der Waals surface area contributed by atoms with Crippen LogP contribution in [0.25, 0.3) is 0 Å². The molecule has 0 bridgehead atoms. The summed E-state index contributed by atoms with van der Waals surface area (Å²) in [6.45, 7) is 2.06. The third-order valence-corrected chi connectivity index (χ3v) is 7.74. The molecule has 10 heteroatoms. The quantitative estimate of drug-likeness (QED) is 0.308. The molecule has 2 amide bonds. The third-order valence-electron chi connectivity index (χ3n) is 5.86. The summed E-state index contributed by atoms with van der Waals surface area (Å²) in [6, 6.07) is 22.3. The van der Waals surface area contributed by atoms with Crippen LogP contribution in [0.4, 0.5) is 5.69 Å². The summed E-state index contributed by atoms with van der Waals surface area (Å²) in [7, 11) is -3.82. The largest absolute Gasteiger partial charge is 0.354 e. The zero-order chi connectivity index (χ0) is 27.7. The monoisotopic (exact) mass is 619 g/mol. The van der Waals surface area contributed by atoms with E-state index in [0.29, 0.717) is 17.3 Å². The van der Waals surface area contributed by atoms with Crippen molar-refractivity contribution >= 4 is 55.1 Å². The van der Waals surface area contributed by atoms with E-state index < -0.39 is 28.5 Å². The Labute approximate surface area is 238 Å². The molecule has 3 aromatic carbocycles. The van der Waals surface area contributed by atoms with Crippen molar-refractivity contribution in [3.05, 3.63) is 99.5 Å². The van der Waals surface area contributed by atoms with Gasteiger partial charge in [0.1, 0.15) is 12.6 Å². The predicted molar refractivity (Wildman–Crippen MR) is 156 cm³/mol. The molecule has 0 aliphatic rings. The molecular weight excluding hydrogens is 590 g/mol. The SMILES string of the molecule is CCCNC(=O)C(Cc1ccccc1)N(Cc1cccc(Br)c1)C(=O)CN(c1ccc(Cl)cc1)S(C)(=O)=O. The first-order valence-corrected chi connectivity index (χ1v) is 15.2. The summed E-state index contributed by atoms with van der Waals surface area (Å²) in [5, 5.41) is 3.36. The lowest BCUT2D eigenvalue weighted by atomic mass is 10.0. The summed E-state index contributed by atoms with van der Waals surface area (Å²) in [4.78, 5) is 28.8. The van der Waals surface area contributed by atoms with E-state index >= 15 is 0 Å². The minimum atomic E-state index is -3.82. The van der Waals surface area contributed by atoms with Crippen molar-refractivity contribution in [2.75, 3.05) is 23.7 Å². The van der Waals surface area contributed by atoms with Crippen LogP contribution in [0.1, 0.15) is 24.5 Å². The van der Waals surface area contributed by atoms with Crippen LogP contribution in [0.2, 0.25) is 5.02 Å². The molecule has 0 heterocycles. The fourth-order valence-corrected chi connectivity index (χ4v) is 5.40. The van der Waals surface area contributed by atoms with Crippen molar-refractivity contribution in [1.82, 2.24) is 10.2 Å². The van der Waals surface area contributed by atoms with Crippen LogP contribution in [0, 0.1) is 0 Å². The van der Waals surface area contributed by atoms with E-state index in [1.165, 1.54) is 4.90 Å². The van der Waals surface area contributed by atoms with Gasteiger partial charge in [-0.25, -0.2) is 8.42 Å². The van der Waals surface area contributed by atoms with Gasteiger partial charge in [-0.15, -0.1) is 0 Å². The van der Waals surface area contributed by atoms with Crippen LogP contribution in [-0.2, 0) is 32.6 Å². The minimum absolute atomic E-state index is 0.119. The molecule has 7 nitrogen and oxygen atoms in total. The number of benzene rings is 3. The molecule has 202 valence electrons. The number of amides is 2. The second-order valence-corrected chi connectivity index (χ2v) is 12.2. The van der Waals surface area contributed by atoms with Gasteiger partial charge in [0.15, 0.2) is 0 Å². The highest BCUT2D eigenvalue weighted by Crippen LogP contribution is 2.23. The van der Waals surface area contributed by atoms with Crippen LogP contribution < -0.4 is 9.62 Å². The molecule has 1 atom stereocenters. The van der Waals surface area contributed by atoms with E-state index in [-0.39, 0.29) is 18.9 Å². The molecule has 38 heavy (non-hydrogen) atoms. The molecule has 1 N–H and O–H groups in total. The second-order valence-electron chi connectivity index (χ2n) is 8.89. The second kappa shape index (κ2) is 13.8. The number of rotatable bonds is 12. The zero-order valence-corrected chi connectivity index (χ0v) is 24.5. The minimum Gasteiger partial charge on any atom is -0.354 e. The standard InChI is InChI=1S/C28H31BrClN3O4S/c1-3-16-31-28(35)26(18-21-8-5-4-6-9-21)32(19-22-10-7-11-23(29)17-22)27(34)20-33(38(2,36)37)25-14-12-24(30)13-15-25/h4-15,17,26H,3,16,18-20H2,1-2H3,(H,31,35). The first-order chi connectivity index (χ1) is 18.1. The normalized spacial score (nSPS) is 12.0. The van der Waals surface area contributed by atoms with Crippen molar-refractivity contribution in [3.63, 3.8) is 0 Å². The Balaban J connectivity index is 2.03. The van der Waals surface area contributed by atoms with Gasteiger partial charge >= 0.3 is 0 Å². The highest BCUT2D eigenvalue weighted by molar-refractivity contribution is 9.10. The Hall–Kier alpha value is -2.88. The van der Waals surface area contributed by atoms with E-state index in [1.54, 1.807) is 24.3 Å². The maximum Gasteiger partial charge on any atom is 0.244 e. The number of carbonyl (C=O) groups excluding carboxylic acids is 2. The van der Waals surface area contributed by atoms with Gasteiger partial charge in [-0.2, -0.15) is 0 Å². The maximum atomic E-state index is 13.9. The topological polar surface area (TPSA) is 86.8 Å². The Bertz CT molecular complexity index is 1340. The van der Waals surface area contributed by atoms with E-state index in [1.807, 2.05) is 61.5 Å². The van der Waals surface area contributed by atoms with Crippen LogP contribution in [0.5, 0.6) is 0 Å². The van der Waals surface area contributed by atoms with E-state index in [9.17, 15) is 18.0 Å². The number of nitrogens with zero attached hydrogens (tertiary/aromatic N) is 2. The average Bonchev–Trinajstić information content (AvgIpc) is 2.88. The Morgan fingerprint density at radius 1 is 0.974 bits per heavy atom. The number of halogens is 2. The maximum absolute atomic E-state index is 13.9. The van der Waals surface area contributed by atoms with Gasteiger partial charge in [-0.05, 0) is 53.9 Å². The van der Waals surface area contributed by atoms with Crippen LogP contribution in [-0.4, -0.2) is 50.5 Å². The summed E-state index contributed by atoms with van der Waals surface area (Å²) in [5.41, 5.74) is 1.99. The molecule has 0 aromatic heterocycles. The lowest BCUT2D eigenvalue weighted by Crippen LogP contribution is -2.53. The molecule has 0 saturated heterocycles. The molecule has 0 aliphatic heterocycles. The van der Waals surface area contributed by atoms with Gasteiger partial charge in [0, 0.05) is 29.0 Å². The molecule has 1 unspecified atom stereocenters. The zero-order valence-electron chi connectivity index (χ0n) is 21.3. The summed E-state index contributed by atoms with van der Waals surface area (Å²) in [5.74, 6) is -0.797. The molecule has 0 radical (unpaired) electrons. The van der Waals surface area contributed by atoms with Gasteiger partial charge in [0.25, 0.3) is 0 Å². The van der Waals surface area contributed by atoms with Gasteiger partial charge in [-0.1, -0.05) is 76.9 Å². The predicted octanol–water partition coefficient (Wildman–Crippen LogP) is 5.03. The highest BCUT2D eigenvalue weighted by Gasteiger charge is 2.32. The number of hydrogen-bond donors (Lipinski definition) is 1. The van der Waals surface area contributed by atoms with Crippen molar-refractivity contribution in [1.29, 1.82) is 0 Å². The Morgan fingerprint density at radius 3 is 2.24 bits per heavy atom. The molecule has 0 fully saturated rings. The molecule has 3 aromatic rings. The van der Waals surface area contributed by atoms with Crippen LogP contribution in [0.15, 0.2) is 83.3 Å². The van der Waals surface area contributed by atoms with Gasteiger partial charge in [0.05, 0.1) is 11.9 Å². The van der Waals surface area contributed by atoms with Crippen molar-refractivity contribution in [3.8, 4) is 0 Å². The van der Waals surface area contributed by atoms with Gasteiger partial charge < -0.3 is 10.2 Å². The van der Waals surface area contributed by atoms with Crippen molar-refractivity contribution < 1.29 is 18.0 Å². The number of hydrogen-bond acceptors (Lipinski definition) is 4. The average molecular weight is 621 g/mol. The number of sulfonamides is 1. The first-order valence-electron chi connectivity index (χ1n) is 12.2. The molecule has 0 saturated carbocycles. The fraction of sp³-hybridized carbons (Fsp3) is 0.286. The Morgan fingerprint density at radius 2 is 1.63 bits per heavy atom. The molecule has 3 rings (SSSR count). The van der Waals surface area contributed by atoms with Crippen molar-refractivity contribution in [2.24, 2.45) is 0 Å². The smallest absolute Gasteiger partial charge is 0.244 e. The highest BCUT2D eigenvalue weighted by atomic mass is 79.9. The van der Waals surface area contributed by atoms with Gasteiger partial charge in [0.2, 0.25) is 21.8 Å². The van der Waals surface area contributed by atoms with Crippen molar-refractivity contribution in [2.45, 2.75) is 32.4 Å². The molecular formula is C28H31BrClN3O4S. The van der Waals surface area contributed by atoms with E-state index in [0.717, 1.165) is 32.6 Å². The lowest BCUT2D eigenvalue weighted by Gasteiger charge is -2.33. The lowest BCUT2D eigenvalue weighted by molar-refractivity contribution is -0.140. The molecule has 0 aliphatic carbocycles. The van der Waals surface area contributed by atoms with Gasteiger partial charge in [-0.3, -0.25) is 13.9 Å².